The monoisotopic (exact) mass is 306 g/mol. The fraction of sp³-hybridized carbons (Fsp3) is 0.750. The second kappa shape index (κ2) is 6.42. The molecule has 1 N–H and O–H groups in total. The molecule has 0 radical (unpaired) electrons. The highest BCUT2D eigenvalue weighted by Gasteiger charge is 2.41. The van der Waals surface area contributed by atoms with Gasteiger partial charge in [-0.3, -0.25) is 14.8 Å². The van der Waals surface area contributed by atoms with Crippen LogP contribution in [0.3, 0.4) is 0 Å². The van der Waals surface area contributed by atoms with E-state index >= 15 is 0 Å². The van der Waals surface area contributed by atoms with Crippen LogP contribution in [0, 0.1) is 16.0 Å². The first-order valence-corrected chi connectivity index (χ1v) is 6.83. The minimum absolute atomic E-state index is 0.0928. The van der Waals surface area contributed by atoms with Crippen molar-refractivity contribution in [3.05, 3.63) is 22.5 Å². The summed E-state index contributed by atoms with van der Waals surface area (Å²) in [7, 11) is 0. The molecule has 0 spiro atoms. The summed E-state index contributed by atoms with van der Waals surface area (Å²) in [4.78, 5) is 9.96. The van der Waals surface area contributed by atoms with Crippen LogP contribution in [-0.4, -0.2) is 33.5 Å². The quantitative estimate of drug-likeness (QED) is 0.670. The van der Waals surface area contributed by atoms with Crippen molar-refractivity contribution in [2.24, 2.45) is 5.92 Å². The highest BCUT2D eigenvalue weighted by atomic mass is 19.4. The summed E-state index contributed by atoms with van der Waals surface area (Å²) in [5.41, 5.74) is -0.0928. The Balaban J connectivity index is 1.76. The van der Waals surface area contributed by atoms with E-state index < -0.39 is 17.0 Å². The Kier molecular flexibility index (Phi) is 4.81. The van der Waals surface area contributed by atoms with Gasteiger partial charge in [0.15, 0.2) is 0 Å². The number of alkyl halides is 3. The van der Waals surface area contributed by atoms with Gasteiger partial charge in [-0.1, -0.05) is 6.42 Å². The van der Waals surface area contributed by atoms with Crippen molar-refractivity contribution >= 4 is 5.69 Å². The summed E-state index contributed by atoms with van der Waals surface area (Å²) in [6.07, 6.45) is -0.0684. The predicted molar refractivity (Wildman–Crippen MR) is 68.7 cm³/mol. The number of halogens is 3. The summed E-state index contributed by atoms with van der Waals surface area (Å²) in [6, 6.07) is -0.157. The number of rotatable bonds is 5. The van der Waals surface area contributed by atoms with E-state index in [9.17, 15) is 23.3 Å². The molecule has 2 atom stereocenters. The summed E-state index contributed by atoms with van der Waals surface area (Å²) in [5, 5.41) is 17.4. The fourth-order valence-corrected chi connectivity index (χ4v) is 2.62. The van der Waals surface area contributed by atoms with Crippen LogP contribution in [-0.2, 0) is 6.54 Å². The molecule has 1 fully saturated rings. The van der Waals surface area contributed by atoms with Crippen molar-refractivity contribution in [1.29, 1.82) is 0 Å². The zero-order chi connectivity index (χ0) is 15.5. The minimum atomic E-state index is -4.12. The maximum absolute atomic E-state index is 12.7. The molecule has 2 rings (SSSR count). The second-order valence-electron chi connectivity index (χ2n) is 5.27. The van der Waals surface area contributed by atoms with Gasteiger partial charge < -0.3 is 5.32 Å². The Labute approximate surface area is 119 Å². The molecule has 1 saturated carbocycles. The van der Waals surface area contributed by atoms with E-state index in [1.165, 1.54) is 10.9 Å². The van der Waals surface area contributed by atoms with Gasteiger partial charge in [0.05, 0.1) is 17.4 Å². The number of nitrogens with zero attached hydrogens (tertiary/aromatic N) is 3. The number of nitro groups is 1. The Bertz CT molecular complexity index is 489. The molecule has 1 aliphatic rings. The topological polar surface area (TPSA) is 73.0 Å². The first kappa shape index (κ1) is 15.7. The fourth-order valence-electron chi connectivity index (χ4n) is 2.62. The smallest absolute Gasteiger partial charge is 0.312 e. The van der Waals surface area contributed by atoms with Crippen LogP contribution in [0.15, 0.2) is 12.4 Å². The van der Waals surface area contributed by atoms with Crippen molar-refractivity contribution in [2.45, 2.75) is 44.4 Å². The van der Waals surface area contributed by atoms with Gasteiger partial charge in [-0.25, -0.2) is 0 Å². The third-order valence-electron chi connectivity index (χ3n) is 3.74. The van der Waals surface area contributed by atoms with Gasteiger partial charge in [-0.2, -0.15) is 18.3 Å². The molecule has 0 bridgehead atoms. The normalized spacial score (nSPS) is 23.2. The first-order chi connectivity index (χ1) is 9.86. The zero-order valence-corrected chi connectivity index (χ0v) is 11.3. The third-order valence-corrected chi connectivity index (χ3v) is 3.74. The molecule has 1 aromatic heterocycles. The average molecular weight is 306 g/mol. The highest BCUT2D eigenvalue weighted by molar-refractivity contribution is 5.20. The van der Waals surface area contributed by atoms with Crippen LogP contribution < -0.4 is 5.32 Å². The van der Waals surface area contributed by atoms with Crippen LogP contribution in [0.4, 0.5) is 18.9 Å². The van der Waals surface area contributed by atoms with Crippen molar-refractivity contribution < 1.29 is 18.1 Å². The lowest BCUT2D eigenvalue weighted by molar-refractivity contribution is -0.385. The predicted octanol–water partition coefficient (Wildman–Crippen LogP) is 2.50. The number of aromatic nitrogens is 2. The van der Waals surface area contributed by atoms with Gasteiger partial charge in [0, 0.05) is 12.6 Å². The van der Waals surface area contributed by atoms with E-state index in [4.69, 9.17) is 0 Å². The van der Waals surface area contributed by atoms with Crippen LogP contribution >= 0.6 is 0 Å². The third kappa shape index (κ3) is 4.42. The van der Waals surface area contributed by atoms with Gasteiger partial charge in [0.25, 0.3) is 0 Å². The Morgan fingerprint density at radius 3 is 2.86 bits per heavy atom. The Hall–Kier alpha value is -1.64. The Morgan fingerprint density at radius 2 is 2.24 bits per heavy atom. The van der Waals surface area contributed by atoms with Crippen molar-refractivity contribution in [2.75, 3.05) is 6.54 Å². The van der Waals surface area contributed by atoms with Gasteiger partial charge in [0.2, 0.25) is 0 Å². The van der Waals surface area contributed by atoms with Crippen molar-refractivity contribution in [3.8, 4) is 0 Å². The largest absolute Gasteiger partial charge is 0.391 e. The van der Waals surface area contributed by atoms with E-state index in [0.29, 0.717) is 19.5 Å². The standard InChI is InChI=1S/C12H17F3N4O2/c13-12(14,15)9-2-1-3-10(6-9)16-4-5-18-8-11(7-17-18)19(20)21/h7-10,16H,1-6H2. The molecule has 0 aromatic carbocycles. The number of hydrogen-bond acceptors (Lipinski definition) is 4. The molecular weight excluding hydrogens is 289 g/mol. The lowest BCUT2D eigenvalue weighted by Gasteiger charge is -2.31. The van der Waals surface area contributed by atoms with Crippen LogP contribution in [0.2, 0.25) is 0 Å². The number of nitrogens with one attached hydrogen (secondary N) is 1. The van der Waals surface area contributed by atoms with Crippen LogP contribution in [0.25, 0.3) is 0 Å². The molecule has 0 saturated heterocycles. The minimum Gasteiger partial charge on any atom is -0.312 e. The zero-order valence-electron chi connectivity index (χ0n) is 11.3. The van der Waals surface area contributed by atoms with Gasteiger partial charge in [0.1, 0.15) is 12.4 Å². The molecule has 1 aromatic rings. The lowest BCUT2D eigenvalue weighted by Crippen LogP contribution is -2.39. The summed E-state index contributed by atoms with van der Waals surface area (Å²) < 4.78 is 39.4. The van der Waals surface area contributed by atoms with Crippen LogP contribution in [0.1, 0.15) is 25.7 Å². The SMILES string of the molecule is O=[N+]([O-])c1cnn(CCNC2CCCC(C(F)(F)F)C2)c1. The van der Waals surface area contributed by atoms with E-state index in [1.54, 1.807) is 0 Å². The summed E-state index contributed by atoms with van der Waals surface area (Å²) >= 11 is 0. The van der Waals surface area contributed by atoms with E-state index in [1.807, 2.05) is 0 Å². The average Bonchev–Trinajstić information content (AvgIpc) is 2.87. The molecule has 9 heteroatoms. The van der Waals surface area contributed by atoms with Crippen molar-refractivity contribution in [3.63, 3.8) is 0 Å². The van der Waals surface area contributed by atoms with Gasteiger partial charge in [-0.05, 0) is 19.3 Å². The molecular formula is C12H17F3N4O2. The molecule has 6 nitrogen and oxygen atoms in total. The van der Waals surface area contributed by atoms with Gasteiger partial charge in [-0.15, -0.1) is 0 Å². The van der Waals surface area contributed by atoms with Gasteiger partial charge >= 0.3 is 11.9 Å². The maximum Gasteiger partial charge on any atom is 0.391 e. The second-order valence-corrected chi connectivity index (χ2v) is 5.27. The summed E-state index contributed by atoms with van der Waals surface area (Å²) in [5.74, 6) is -1.23. The highest BCUT2D eigenvalue weighted by Crippen LogP contribution is 2.37. The lowest BCUT2D eigenvalue weighted by atomic mass is 9.85. The maximum atomic E-state index is 12.7. The molecule has 21 heavy (non-hydrogen) atoms. The molecule has 0 aliphatic heterocycles. The molecule has 0 amide bonds. The number of hydrogen-bond donors (Lipinski definition) is 1. The van der Waals surface area contributed by atoms with E-state index in [-0.39, 0.29) is 24.6 Å². The summed E-state index contributed by atoms with van der Waals surface area (Å²) in [6.45, 7) is 0.828. The molecule has 1 heterocycles. The molecule has 118 valence electrons. The molecule has 1 aliphatic carbocycles. The van der Waals surface area contributed by atoms with E-state index in [2.05, 4.69) is 10.4 Å². The van der Waals surface area contributed by atoms with E-state index in [0.717, 1.165) is 12.6 Å². The Morgan fingerprint density at radius 1 is 1.48 bits per heavy atom. The van der Waals surface area contributed by atoms with Crippen LogP contribution in [0.5, 0.6) is 0 Å². The first-order valence-electron chi connectivity index (χ1n) is 6.83. The molecule has 2 unspecified atom stereocenters. The van der Waals surface area contributed by atoms with Crippen molar-refractivity contribution in [1.82, 2.24) is 15.1 Å².